The van der Waals surface area contributed by atoms with Gasteiger partial charge in [0.15, 0.2) is 0 Å². The van der Waals surface area contributed by atoms with E-state index in [2.05, 4.69) is 36.6 Å². The molecule has 1 saturated carbocycles. The van der Waals surface area contributed by atoms with Crippen LogP contribution in [0.25, 0.3) is 10.1 Å². The van der Waals surface area contributed by atoms with E-state index in [4.69, 9.17) is 5.73 Å². The minimum absolute atomic E-state index is 0.420. The number of hydrogen-bond acceptors (Lipinski definition) is 2. The molecule has 1 heterocycles. The van der Waals surface area contributed by atoms with Gasteiger partial charge in [-0.3, -0.25) is 0 Å². The highest BCUT2D eigenvalue weighted by Gasteiger charge is 2.33. The molecule has 0 saturated heterocycles. The Kier molecular flexibility index (Phi) is 2.72. The summed E-state index contributed by atoms with van der Waals surface area (Å²) in [5.41, 5.74) is 7.99. The van der Waals surface area contributed by atoms with Gasteiger partial charge in [0.05, 0.1) is 0 Å². The van der Waals surface area contributed by atoms with E-state index >= 15 is 0 Å². The van der Waals surface area contributed by atoms with Gasteiger partial charge < -0.3 is 5.73 Å². The molecule has 2 aromatic rings. The lowest BCUT2D eigenvalue weighted by molar-refractivity contribution is 0.331. The lowest BCUT2D eigenvalue weighted by atomic mass is 9.82. The summed E-state index contributed by atoms with van der Waals surface area (Å²) in [4.78, 5) is 0. The third-order valence-electron chi connectivity index (χ3n) is 4.05. The second-order valence-electron chi connectivity index (χ2n) is 5.75. The van der Waals surface area contributed by atoms with Crippen LogP contribution in [0.2, 0.25) is 0 Å². The minimum Gasteiger partial charge on any atom is -0.328 e. The van der Waals surface area contributed by atoms with E-state index in [0.717, 1.165) is 0 Å². The molecule has 2 unspecified atom stereocenters. The van der Waals surface area contributed by atoms with E-state index in [0.29, 0.717) is 11.5 Å². The summed E-state index contributed by atoms with van der Waals surface area (Å²) in [6.45, 7) is 2.40. The molecule has 1 aromatic carbocycles. The summed E-state index contributed by atoms with van der Waals surface area (Å²) in [5, 5.41) is 3.78. The van der Waals surface area contributed by atoms with Crippen LogP contribution in [0.15, 0.2) is 29.6 Å². The summed E-state index contributed by atoms with van der Waals surface area (Å²) in [6.07, 6.45) is 4.83. The van der Waals surface area contributed by atoms with Crippen LogP contribution < -0.4 is 5.73 Å². The summed E-state index contributed by atoms with van der Waals surface area (Å²) in [6, 6.07) is 9.15. The van der Waals surface area contributed by atoms with Gasteiger partial charge in [0, 0.05) is 10.7 Å². The summed E-state index contributed by atoms with van der Waals surface area (Å²) >= 11 is 1.87. The van der Waals surface area contributed by atoms with Crippen molar-refractivity contribution >= 4 is 21.4 Å². The molecule has 90 valence electrons. The van der Waals surface area contributed by atoms with Gasteiger partial charge >= 0.3 is 0 Å². The van der Waals surface area contributed by atoms with Crippen LogP contribution in [-0.4, -0.2) is 6.04 Å². The Bertz CT molecular complexity index is 530. The number of hydrogen-bond donors (Lipinski definition) is 1. The molecule has 0 spiro atoms. The molecule has 1 nitrogen and oxygen atoms in total. The average molecular weight is 245 g/mol. The summed E-state index contributed by atoms with van der Waals surface area (Å²) in [7, 11) is 0. The van der Waals surface area contributed by atoms with Crippen LogP contribution >= 0.6 is 11.3 Å². The second kappa shape index (κ2) is 4.11. The molecule has 0 radical (unpaired) electrons. The Morgan fingerprint density at radius 3 is 3.00 bits per heavy atom. The molecule has 0 amide bonds. The van der Waals surface area contributed by atoms with Crippen LogP contribution in [0.4, 0.5) is 0 Å². The maximum atomic E-state index is 6.05. The van der Waals surface area contributed by atoms with Crippen LogP contribution in [0.5, 0.6) is 0 Å². The molecular formula is C15H19NS. The molecule has 2 N–H and O–H groups in total. The Morgan fingerprint density at radius 2 is 2.24 bits per heavy atom. The van der Waals surface area contributed by atoms with Gasteiger partial charge in [0.2, 0.25) is 0 Å². The molecule has 1 aliphatic carbocycles. The normalized spacial score (nSPS) is 28.9. The highest BCUT2D eigenvalue weighted by Crippen LogP contribution is 2.41. The van der Waals surface area contributed by atoms with Crippen LogP contribution in [0, 0.1) is 5.41 Å². The fraction of sp³-hybridized carbons (Fsp3) is 0.467. The number of benzene rings is 1. The average Bonchev–Trinajstić information content (AvgIpc) is 2.85. The van der Waals surface area contributed by atoms with Gasteiger partial charge in [-0.2, -0.15) is 0 Å². The van der Waals surface area contributed by atoms with Crippen molar-refractivity contribution in [1.82, 2.24) is 0 Å². The zero-order chi connectivity index (χ0) is 11.9. The topological polar surface area (TPSA) is 26.0 Å². The van der Waals surface area contributed by atoms with Crippen LogP contribution in [-0.2, 0) is 6.42 Å². The van der Waals surface area contributed by atoms with Crippen molar-refractivity contribution in [1.29, 1.82) is 0 Å². The monoisotopic (exact) mass is 245 g/mol. The second-order valence-corrected chi connectivity index (χ2v) is 6.66. The fourth-order valence-corrected chi connectivity index (χ4v) is 4.12. The Labute approximate surface area is 107 Å². The van der Waals surface area contributed by atoms with E-state index in [1.54, 1.807) is 0 Å². The molecular weight excluding hydrogens is 226 g/mol. The van der Waals surface area contributed by atoms with Gasteiger partial charge in [0.25, 0.3) is 0 Å². The van der Waals surface area contributed by atoms with E-state index in [-0.39, 0.29) is 0 Å². The maximum Gasteiger partial charge on any atom is 0.0345 e. The van der Waals surface area contributed by atoms with E-state index in [1.165, 1.54) is 41.3 Å². The quantitative estimate of drug-likeness (QED) is 0.851. The van der Waals surface area contributed by atoms with Crippen molar-refractivity contribution in [3.8, 4) is 0 Å². The van der Waals surface area contributed by atoms with Crippen molar-refractivity contribution in [2.45, 2.75) is 38.6 Å². The molecule has 0 aliphatic heterocycles. The first-order valence-electron chi connectivity index (χ1n) is 6.37. The maximum absolute atomic E-state index is 6.05. The Hall–Kier alpha value is -0.860. The zero-order valence-electron chi connectivity index (χ0n) is 10.3. The molecule has 2 heteroatoms. The zero-order valence-corrected chi connectivity index (χ0v) is 11.1. The van der Waals surface area contributed by atoms with Gasteiger partial charge in [-0.25, -0.2) is 0 Å². The SMILES string of the molecule is CC1(Cc2csc3ccccc23)CCC(N)C1. The molecule has 17 heavy (non-hydrogen) atoms. The number of thiophene rings is 1. The van der Waals surface area contributed by atoms with Crippen molar-refractivity contribution in [2.75, 3.05) is 0 Å². The lowest BCUT2D eigenvalue weighted by Crippen LogP contribution is -2.20. The summed E-state index contributed by atoms with van der Waals surface area (Å²) in [5.74, 6) is 0. The molecule has 3 rings (SSSR count). The smallest absolute Gasteiger partial charge is 0.0345 e. The van der Waals surface area contributed by atoms with Crippen molar-refractivity contribution < 1.29 is 0 Å². The third-order valence-corrected chi connectivity index (χ3v) is 5.06. The fourth-order valence-electron chi connectivity index (χ4n) is 3.16. The number of rotatable bonds is 2. The predicted molar refractivity (Wildman–Crippen MR) is 75.5 cm³/mol. The van der Waals surface area contributed by atoms with Gasteiger partial charge in [-0.05, 0) is 53.5 Å². The third kappa shape index (κ3) is 2.12. The van der Waals surface area contributed by atoms with Gasteiger partial charge in [0.1, 0.15) is 0 Å². The van der Waals surface area contributed by atoms with Crippen LogP contribution in [0.3, 0.4) is 0 Å². The first kappa shape index (κ1) is 11.2. The minimum atomic E-state index is 0.420. The molecule has 1 aromatic heterocycles. The number of nitrogens with two attached hydrogens (primary N) is 1. The highest BCUT2D eigenvalue weighted by molar-refractivity contribution is 7.17. The lowest BCUT2D eigenvalue weighted by Gasteiger charge is -2.23. The molecule has 1 fully saturated rings. The predicted octanol–water partition coefficient (Wildman–Crippen LogP) is 3.96. The highest BCUT2D eigenvalue weighted by atomic mass is 32.1. The van der Waals surface area contributed by atoms with Crippen molar-refractivity contribution in [3.63, 3.8) is 0 Å². The van der Waals surface area contributed by atoms with E-state index in [9.17, 15) is 0 Å². The Balaban J connectivity index is 1.90. The van der Waals surface area contributed by atoms with E-state index < -0.39 is 0 Å². The molecule has 1 aliphatic rings. The first-order valence-corrected chi connectivity index (χ1v) is 7.25. The van der Waals surface area contributed by atoms with Crippen molar-refractivity contribution in [3.05, 3.63) is 35.2 Å². The standard InChI is InChI=1S/C15H19NS/c1-15(7-6-12(16)9-15)8-11-10-17-14-5-3-2-4-13(11)14/h2-5,10,12H,6-9,16H2,1H3. The molecule has 0 bridgehead atoms. The largest absolute Gasteiger partial charge is 0.328 e. The van der Waals surface area contributed by atoms with Crippen LogP contribution in [0.1, 0.15) is 31.7 Å². The van der Waals surface area contributed by atoms with Gasteiger partial charge in [-0.15, -0.1) is 11.3 Å². The van der Waals surface area contributed by atoms with Crippen molar-refractivity contribution in [2.24, 2.45) is 11.1 Å². The molecule has 2 atom stereocenters. The Morgan fingerprint density at radius 1 is 1.41 bits per heavy atom. The van der Waals surface area contributed by atoms with E-state index in [1.807, 2.05) is 11.3 Å². The first-order chi connectivity index (χ1) is 8.16. The van der Waals surface area contributed by atoms with Gasteiger partial charge in [-0.1, -0.05) is 25.1 Å². The summed E-state index contributed by atoms with van der Waals surface area (Å²) < 4.78 is 1.41. The number of fused-ring (bicyclic) bond motifs is 1.